The zero-order valence-corrected chi connectivity index (χ0v) is 11.9. The predicted molar refractivity (Wildman–Crippen MR) is 69.8 cm³/mol. The van der Waals surface area contributed by atoms with Crippen LogP contribution in [0.2, 0.25) is 0 Å². The van der Waals surface area contributed by atoms with E-state index in [9.17, 15) is 4.79 Å². The maximum atomic E-state index is 12.2. The van der Waals surface area contributed by atoms with E-state index in [1.165, 1.54) is 6.42 Å². The monoisotopic (exact) mass is 238 g/mol. The molecule has 0 N–H and O–H groups in total. The van der Waals surface area contributed by atoms with E-state index in [0.29, 0.717) is 30.5 Å². The fraction of sp³-hybridized carbons (Fsp3) is 0.929. The van der Waals surface area contributed by atoms with Gasteiger partial charge in [-0.1, -0.05) is 20.8 Å². The topological polar surface area (TPSA) is 23.6 Å². The first-order chi connectivity index (χ1) is 7.78. The fourth-order valence-electron chi connectivity index (χ4n) is 3.19. The Morgan fingerprint density at radius 2 is 1.88 bits per heavy atom. The van der Waals surface area contributed by atoms with E-state index in [1.807, 2.05) is 0 Å². The van der Waals surface area contributed by atoms with Crippen LogP contribution in [0.5, 0.6) is 0 Å². The summed E-state index contributed by atoms with van der Waals surface area (Å²) in [6.45, 7) is 13.0. The van der Waals surface area contributed by atoms with Gasteiger partial charge in [0.2, 0.25) is 5.91 Å². The number of hydrogen-bond acceptors (Lipinski definition) is 2. The predicted octanol–water partition coefficient (Wildman–Crippen LogP) is 2.12. The minimum absolute atomic E-state index is 0.108. The molecule has 0 saturated carbocycles. The van der Waals surface area contributed by atoms with Gasteiger partial charge in [-0.15, -0.1) is 0 Å². The van der Waals surface area contributed by atoms with Crippen LogP contribution in [-0.2, 0) is 4.79 Å². The van der Waals surface area contributed by atoms with Crippen molar-refractivity contribution >= 4 is 5.91 Å². The molecule has 3 nitrogen and oxygen atoms in total. The third-order valence-corrected chi connectivity index (χ3v) is 3.95. The van der Waals surface area contributed by atoms with Crippen LogP contribution in [0, 0.1) is 5.41 Å². The van der Waals surface area contributed by atoms with Crippen molar-refractivity contribution in [3.05, 3.63) is 0 Å². The maximum Gasteiger partial charge on any atom is 0.223 e. The Morgan fingerprint density at radius 3 is 2.29 bits per heavy atom. The third-order valence-electron chi connectivity index (χ3n) is 3.95. The Hall–Kier alpha value is -0.570. The largest absolute Gasteiger partial charge is 0.337 e. The van der Waals surface area contributed by atoms with Gasteiger partial charge in [-0.3, -0.25) is 9.69 Å². The molecule has 0 aromatic rings. The van der Waals surface area contributed by atoms with Gasteiger partial charge >= 0.3 is 0 Å². The summed E-state index contributed by atoms with van der Waals surface area (Å²) in [6.07, 6.45) is 1.87. The second-order valence-corrected chi connectivity index (χ2v) is 7.12. The normalized spacial score (nSPS) is 29.4. The molecule has 0 aliphatic carbocycles. The zero-order chi connectivity index (χ0) is 12.8. The van der Waals surface area contributed by atoms with Gasteiger partial charge in [0, 0.05) is 37.6 Å². The van der Waals surface area contributed by atoms with Gasteiger partial charge in [0.05, 0.1) is 0 Å². The van der Waals surface area contributed by atoms with Crippen molar-refractivity contribution in [2.24, 2.45) is 5.41 Å². The molecule has 1 amide bonds. The Balaban J connectivity index is 1.94. The van der Waals surface area contributed by atoms with Gasteiger partial charge < -0.3 is 4.90 Å². The number of likely N-dealkylation sites (tertiary alicyclic amines) is 2. The van der Waals surface area contributed by atoms with Crippen molar-refractivity contribution in [3.8, 4) is 0 Å². The molecule has 3 heteroatoms. The highest BCUT2D eigenvalue weighted by Crippen LogP contribution is 2.33. The van der Waals surface area contributed by atoms with Crippen molar-refractivity contribution in [3.63, 3.8) is 0 Å². The first-order valence-electron chi connectivity index (χ1n) is 6.83. The Morgan fingerprint density at radius 1 is 1.24 bits per heavy atom. The lowest BCUT2D eigenvalue weighted by atomic mass is 9.91. The molecule has 2 fully saturated rings. The van der Waals surface area contributed by atoms with E-state index in [1.54, 1.807) is 0 Å². The molecule has 0 spiro atoms. The van der Waals surface area contributed by atoms with Crippen LogP contribution in [0.4, 0.5) is 0 Å². The number of nitrogens with zero attached hydrogens (tertiary/aromatic N) is 2. The minimum Gasteiger partial charge on any atom is -0.337 e. The van der Waals surface area contributed by atoms with Crippen molar-refractivity contribution < 1.29 is 4.79 Å². The highest BCUT2D eigenvalue weighted by atomic mass is 16.2. The van der Waals surface area contributed by atoms with Gasteiger partial charge in [-0.05, 0) is 25.7 Å². The second kappa shape index (κ2) is 4.27. The van der Waals surface area contributed by atoms with Crippen LogP contribution >= 0.6 is 0 Å². The number of fused-ring (bicyclic) bond motifs is 2. The van der Waals surface area contributed by atoms with Crippen LogP contribution in [0.25, 0.3) is 0 Å². The van der Waals surface area contributed by atoms with Crippen LogP contribution in [0.15, 0.2) is 0 Å². The van der Waals surface area contributed by atoms with Crippen LogP contribution in [0.3, 0.4) is 0 Å². The number of hydrogen-bond donors (Lipinski definition) is 0. The van der Waals surface area contributed by atoms with Crippen molar-refractivity contribution in [1.29, 1.82) is 0 Å². The Kier molecular flexibility index (Phi) is 3.23. The minimum atomic E-state index is 0.108. The van der Waals surface area contributed by atoms with E-state index in [4.69, 9.17) is 0 Å². The van der Waals surface area contributed by atoms with Gasteiger partial charge in [0.25, 0.3) is 0 Å². The fourth-order valence-corrected chi connectivity index (χ4v) is 3.19. The number of amides is 1. The zero-order valence-electron chi connectivity index (χ0n) is 11.9. The summed E-state index contributed by atoms with van der Waals surface area (Å²) in [6, 6.07) is 1.71. The lowest BCUT2D eigenvalue weighted by molar-refractivity contribution is -0.135. The molecule has 2 atom stereocenters. The summed E-state index contributed by atoms with van der Waals surface area (Å²) in [4.78, 5) is 16.9. The Labute approximate surface area is 105 Å². The molecule has 2 aliphatic heterocycles. The number of carbonyl (C=O) groups excluding carboxylic acids is 1. The first kappa shape index (κ1) is 12.9. The average molecular weight is 238 g/mol. The highest BCUT2D eigenvalue weighted by Gasteiger charge is 2.45. The second-order valence-electron chi connectivity index (χ2n) is 7.12. The summed E-state index contributed by atoms with van der Waals surface area (Å²) in [5, 5.41) is 0. The maximum absolute atomic E-state index is 12.2. The standard InChI is InChI=1S/C14H26N2O/c1-10(2)15-8-12-6-11(15)9-16(12)13(17)7-14(3,4)5/h10-12H,6-9H2,1-5H3. The Bertz CT molecular complexity index is 306. The van der Waals surface area contributed by atoms with Crippen LogP contribution < -0.4 is 0 Å². The van der Waals surface area contributed by atoms with Crippen molar-refractivity contribution in [1.82, 2.24) is 9.80 Å². The summed E-state index contributed by atoms with van der Waals surface area (Å²) < 4.78 is 0. The molecule has 98 valence electrons. The molecule has 2 saturated heterocycles. The van der Waals surface area contributed by atoms with E-state index >= 15 is 0 Å². The molecule has 2 bridgehead atoms. The van der Waals surface area contributed by atoms with Crippen molar-refractivity contribution in [2.45, 2.75) is 65.6 Å². The van der Waals surface area contributed by atoms with Crippen LogP contribution in [-0.4, -0.2) is 46.9 Å². The molecule has 0 aromatic heterocycles. The van der Waals surface area contributed by atoms with Crippen LogP contribution in [0.1, 0.15) is 47.5 Å². The molecule has 2 aliphatic rings. The van der Waals surface area contributed by atoms with Gasteiger partial charge in [0.15, 0.2) is 0 Å². The summed E-state index contributed by atoms with van der Waals surface area (Å²) >= 11 is 0. The molecule has 2 heterocycles. The SMILES string of the molecule is CC(C)N1CC2CC1CN2C(=O)CC(C)(C)C. The van der Waals surface area contributed by atoms with Gasteiger partial charge in [-0.25, -0.2) is 0 Å². The molecule has 0 aromatic carbocycles. The lowest BCUT2D eigenvalue weighted by Crippen LogP contribution is -2.51. The summed E-state index contributed by atoms with van der Waals surface area (Å²) in [7, 11) is 0. The molecule has 17 heavy (non-hydrogen) atoms. The first-order valence-corrected chi connectivity index (χ1v) is 6.83. The molecular weight excluding hydrogens is 212 g/mol. The molecular formula is C14H26N2O. The quantitative estimate of drug-likeness (QED) is 0.735. The van der Waals surface area contributed by atoms with Gasteiger partial charge in [-0.2, -0.15) is 0 Å². The smallest absolute Gasteiger partial charge is 0.223 e. The third kappa shape index (κ3) is 2.65. The number of piperazine rings is 1. The van der Waals surface area contributed by atoms with Crippen molar-refractivity contribution in [2.75, 3.05) is 13.1 Å². The van der Waals surface area contributed by atoms with E-state index in [2.05, 4.69) is 44.4 Å². The average Bonchev–Trinajstić information content (AvgIpc) is 2.72. The lowest BCUT2D eigenvalue weighted by Gasteiger charge is -2.37. The van der Waals surface area contributed by atoms with E-state index in [-0.39, 0.29) is 5.41 Å². The molecule has 0 radical (unpaired) electrons. The summed E-state index contributed by atoms with van der Waals surface area (Å²) in [5.74, 6) is 0.355. The van der Waals surface area contributed by atoms with E-state index < -0.39 is 0 Å². The number of rotatable bonds is 2. The molecule has 2 rings (SSSR count). The number of carbonyl (C=O) groups is 1. The molecule has 2 unspecified atom stereocenters. The van der Waals surface area contributed by atoms with Gasteiger partial charge in [0.1, 0.15) is 0 Å². The summed E-state index contributed by atoms with van der Waals surface area (Å²) in [5.41, 5.74) is 0.108. The highest BCUT2D eigenvalue weighted by molar-refractivity contribution is 5.77. The van der Waals surface area contributed by atoms with E-state index in [0.717, 1.165) is 13.1 Å².